The van der Waals surface area contributed by atoms with Crippen molar-refractivity contribution in [2.24, 2.45) is 5.73 Å². The summed E-state index contributed by atoms with van der Waals surface area (Å²) in [6, 6.07) is 0. The van der Waals surface area contributed by atoms with Crippen molar-refractivity contribution in [2.75, 3.05) is 6.54 Å². The van der Waals surface area contributed by atoms with Gasteiger partial charge in [-0.15, -0.1) is 0 Å². The molecule has 4 N–H and O–H groups in total. The van der Waals surface area contributed by atoms with E-state index in [4.69, 9.17) is 10.8 Å². The first-order valence-electron chi connectivity index (χ1n) is 3.45. The molecule has 0 bridgehead atoms. The van der Waals surface area contributed by atoms with Crippen LogP contribution in [0.2, 0.25) is 0 Å². The van der Waals surface area contributed by atoms with E-state index in [1.165, 1.54) is 0 Å². The Morgan fingerprint density at radius 2 is 2.23 bits per heavy atom. The number of aromatic amines is 1. The third-order valence-electron chi connectivity index (χ3n) is 1.53. The van der Waals surface area contributed by atoms with Crippen LogP contribution in [0.25, 0.3) is 0 Å². The van der Waals surface area contributed by atoms with Crippen molar-refractivity contribution in [1.29, 1.82) is 0 Å². The summed E-state index contributed by atoms with van der Waals surface area (Å²) >= 11 is 0. The molecule has 74 valence electrons. The van der Waals surface area contributed by atoms with E-state index in [0.29, 0.717) is 0 Å². The summed E-state index contributed by atoms with van der Waals surface area (Å²) in [5.41, 5.74) is 3.64. The minimum Gasteiger partial charge on any atom is -0.387 e. The minimum atomic E-state index is -4.54. The molecule has 0 spiro atoms. The first-order chi connectivity index (χ1) is 5.96. The van der Waals surface area contributed by atoms with Crippen LogP contribution < -0.4 is 5.73 Å². The molecule has 0 unspecified atom stereocenters. The third kappa shape index (κ3) is 1.99. The quantitative estimate of drug-likeness (QED) is 0.640. The van der Waals surface area contributed by atoms with Gasteiger partial charge in [0.25, 0.3) is 0 Å². The molecule has 13 heavy (non-hydrogen) atoms. The summed E-state index contributed by atoms with van der Waals surface area (Å²) in [5.74, 6) is 0. The highest BCUT2D eigenvalue weighted by Crippen LogP contribution is 2.32. The molecule has 0 aliphatic rings. The Morgan fingerprint density at radius 1 is 1.62 bits per heavy atom. The first-order valence-corrected chi connectivity index (χ1v) is 3.45. The molecule has 1 aromatic rings. The van der Waals surface area contributed by atoms with Gasteiger partial charge in [0.2, 0.25) is 0 Å². The Labute approximate surface area is 71.6 Å². The summed E-state index contributed by atoms with van der Waals surface area (Å²) in [6.07, 6.45) is -4.96. The molecule has 1 heterocycles. The summed E-state index contributed by atoms with van der Waals surface area (Å²) in [5, 5.41) is 14.0. The van der Waals surface area contributed by atoms with Crippen LogP contribution in [-0.4, -0.2) is 21.8 Å². The van der Waals surface area contributed by atoms with Crippen molar-refractivity contribution >= 4 is 0 Å². The lowest BCUT2D eigenvalue weighted by Gasteiger charge is -2.10. The number of hydrogen-bond donors (Lipinski definition) is 3. The molecule has 4 nitrogen and oxygen atoms in total. The summed E-state index contributed by atoms with van der Waals surface area (Å²) in [7, 11) is 0. The SMILES string of the molecule is NC[C@@H](O)c1cn[nH]c1C(F)(F)F. The van der Waals surface area contributed by atoms with Crippen LogP contribution in [0, 0.1) is 0 Å². The Hall–Kier alpha value is -1.08. The van der Waals surface area contributed by atoms with Gasteiger partial charge < -0.3 is 10.8 Å². The highest BCUT2D eigenvalue weighted by Gasteiger charge is 2.36. The average Bonchev–Trinajstić information content (AvgIpc) is 2.49. The third-order valence-corrected chi connectivity index (χ3v) is 1.53. The molecule has 0 aliphatic carbocycles. The highest BCUT2D eigenvalue weighted by molar-refractivity contribution is 5.22. The van der Waals surface area contributed by atoms with Crippen LogP contribution in [0.1, 0.15) is 17.4 Å². The molecule has 0 saturated heterocycles. The Balaban J connectivity index is 3.03. The first kappa shape index (κ1) is 10.0. The smallest absolute Gasteiger partial charge is 0.387 e. The lowest BCUT2D eigenvalue weighted by molar-refractivity contribution is -0.142. The van der Waals surface area contributed by atoms with Crippen LogP contribution in [0.3, 0.4) is 0 Å². The molecular formula is C6H8F3N3O. The summed E-state index contributed by atoms with van der Waals surface area (Å²) in [6.45, 7) is -0.275. The van der Waals surface area contributed by atoms with Crippen molar-refractivity contribution in [3.05, 3.63) is 17.5 Å². The van der Waals surface area contributed by atoms with Gasteiger partial charge >= 0.3 is 6.18 Å². The molecule has 7 heteroatoms. The Morgan fingerprint density at radius 3 is 2.69 bits per heavy atom. The van der Waals surface area contributed by atoms with Gasteiger partial charge in [-0.1, -0.05) is 0 Å². The van der Waals surface area contributed by atoms with Crippen molar-refractivity contribution in [2.45, 2.75) is 12.3 Å². The maximum Gasteiger partial charge on any atom is 0.433 e. The zero-order chi connectivity index (χ0) is 10.1. The maximum absolute atomic E-state index is 12.2. The van der Waals surface area contributed by atoms with Gasteiger partial charge in [-0.05, 0) is 0 Å². The number of halogens is 3. The predicted octanol–water partition coefficient (Wildman–Crippen LogP) is 0.421. The van der Waals surface area contributed by atoms with Crippen LogP contribution in [0.15, 0.2) is 6.20 Å². The van der Waals surface area contributed by atoms with Crippen molar-refractivity contribution in [3.8, 4) is 0 Å². The molecular weight excluding hydrogens is 187 g/mol. The number of aromatic nitrogens is 2. The molecule has 0 aromatic carbocycles. The zero-order valence-electron chi connectivity index (χ0n) is 6.47. The number of nitrogens with zero attached hydrogens (tertiary/aromatic N) is 1. The molecule has 0 amide bonds. The lowest BCUT2D eigenvalue weighted by Crippen LogP contribution is -2.16. The predicted molar refractivity (Wildman–Crippen MR) is 37.6 cm³/mol. The molecule has 1 aromatic heterocycles. The van der Waals surface area contributed by atoms with Gasteiger partial charge in [0.15, 0.2) is 0 Å². The second-order valence-electron chi connectivity index (χ2n) is 2.45. The van der Waals surface area contributed by atoms with E-state index in [1.807, 2.05) is 0 Å². The van der Waals surface area contributed by atoms with E-state index in [2.05, 4.69) is 5.10 Å². The Kier molecular flexibility index (Phi) is 2.58. The normalized spacial score (nSPS) is 14.5. The van der Waals surface area contributed by atoms with Gasteiger partial charge in [-0.3, -0.25) is 5.10 Å². The zero-order valence-corrected chi connectivity index (χ0v) is 6.47. The fourth-order valence-corrected chi connectivity index (χ4v) is 0.902. The van der Waals surface area contributed by atoms with Crippen LogP contribution in [0.4, 0.5) is 13.2 Å². The molecule has 0 saturated carbocycles. The van der Waals surface area contributed by atoms with Crippen LogP contribution >= 0.6 is 0 Å². The van der Waals surface area contributed by atoms with E-state index >= 15 is 0 Å². The summed E-state index contributed by atoms with van der Waals surface area (Å²) < 4.78 is 36.5. The molecule has 1 atom stereocenters. The fraction of sp³-hybridized carbons (Fsp3) is 0.500. The number of aliphatic hydroxyl groups excluding tert-OH is 1. The topological polar surface area (TPSA) is 74.9 Å². The number of alkyl halides is 3. The second-order valence-corrected chi connectivity index (χ2v) is 2.45. The van der Waals surface area contributed by atoms with E-state index in [9.17, 15) is 13.2 Å². The molecule has 1 rings (SSSR count). The second kappa shape index (κ2) is 3.35. The van der Waals surface area contributed by atoms with Crippen LogP contribution in [-0.2, 0) is 6.18 Å². The van der Waals surface area contributed by atoms with Crippen molar-refractivity contribution < 1.29 is 18.3 Å². The van der Waals surface area contributed by atoms with E-state index < -0.39 is 18.0 Å². The van der Waals surface area contributed by atoms with Crippen molar-refractivity contribution in [3.63, 3.8) is 0 Å². The fourth-order valence-electron chi connectivity index (χ4n) is 0.902. The monoisotopic (exact) mass is 195 g/mol. The van der Waals surface area contributed by atoms with E-state index in [-0.39, 0.29) is 12.1 Å². The largest absolute Gasteiger partial charge is 0.433 e. The molecule has 0 fully saturated rings. The van der Waals surface area contributed by atoms with Gasteiger partial charge in [-0.25, -0.2) is 0 Å². The minimum absolute atomic E-state index is 0.275. The number of nitrogens with one attached hydrogen (secondary N) is 1. The van der Waals surface area contributed by atoms with E-state index in [0.717, 1.165) is 6.20 Å². The van der Waals surface area contributed by atoms with Gasteiger partial charge in [-0.2, -0.15) is 18.3 Å². The standard InChI is InChI=1S/C6H8F3N3O/c7-6(8,9)5-3(2-11-12-5)4(13)1-10/h2,4,13H,1,10H2,(H,11,12)/t4-/m1/s1. The number of H-pyrrole nitrogens is 1. The van der Waals surface area contributed by atoms with Crippen LogP contribution in [0.5, 0.6) is 0 Å². The number of aliphatic hydroxyl groups is 1. The highest BCUT2D eigenvalue weighted by atomic mass is 19.4. The van der Waals surface area contributed by atoms with E-state index in [1.54, 1.807) is 5.10 Å². The Bertz CT molecular complexity index is 283. The number of hydrogen-bond acceptors (Lipinski definition) is 3. The molecule has 0 radical (unpaired) electrons. The maximum atomic E-state index is 12.2. The lowest BCUT2D eigenvalue weighted by atomic mass is 10.1. The van der Waals surface area contributed by atoms with Gasteiger partial charge in [0, 0.05) is 12.1 Å². The van der Waals surface area contributed by atoms with Crippen molar-refractivity contribution in [1.82, 2.24) is 10.2 Å². The summed E-state index contributed by atoms with van der Waals surface area (Å²) in [4.78, 5) is 0. The average molecular weight is 195 g/mol. The molecule has 0 aliphatic heterocycles. The number of nitrogens with two attached hydrogens (primary N) is 1. The van der Waals surface area contributed by atoms with Gasteiger partial charge in [0.1, 0.15) is 5.69 Å². The number of rotatable bonds is 2. The van der Waals surface area contributed by atoms with Gasteiger partial charge in [0.05, 0.1) is 12.3 Å².